The van der Waals surface area contributed by atoms with E-state index in [9.17, 15) is 15.2 Å². The summed E-state index contributed by atoms with van der Waals surface area (Å²) in [6, 6.07) is 10.9. The van der Waals surface area contributed by atoms with Gasteiger partial charge in [0.25, 0.3) is 0 Å². The highest BCUT2D eigenvalue weighted by Crippen LogP contribution is 2.29. The van der Waals surface area contributed by atoms with Crippen molar-refractivity contribution in [1.29, 1.82) is 5.26 Å². The number of pyridine rings is 1. The Balaban J connectivity index is 0.00000145. The number of nitrogens with zero attached hydrogens (tertiary/aromatic N) is 3. The van der Waals surface area contributed by atoms with Crippen LogP contribution in [0.5, 0.6) is 0 Å². The van der Waals surface area contributed by atoms with Crippen LogP contribution in [-0.2, 0) is 16.1 Å². The summed E-state index contributed by atoms with van der Waals surface area (Å²) in [6.07, 6.45) is 1.74. The van der Waals surface area contributed by atoms with Gasteiger partial charge in [0.15, 0.2) is 0 Å². The quantitative estimate of drug-likeness (QED) is 0.721. The highest BCUT2D eigenvalue weighted by molar-refractivity contribution is 5.81. The third-order valence-electron chi connectivity index (χ3n) is 4.74. The van der Waals surface area contributed by atoms with E-state index in [1.54, 1.807) is 30.5 Å². The van der Waals surface area contributed by atoms with Gasteiger partial charge in [0.2, 0.25) is 0 Å². The smallest absolute Gasteiger partial charge is 0.317 e. The maximum atomic E-state index is 12.0. The van der Waals surface area contributed by atoms with Crippen LogP contribution in [-0.4, -0.2) is 54.3 Å². The van der Waals surface area contributed by atoms with E-state index >= 15 is 0 Å². The molecule has 0 spiro atoms. The van der Waals surface area contributed by atoms with Gasteiger partial charge in [0.1, 0.15) is 11.6 Å². The maximum Gasteiger partial charge on any atom is 0.317 e. The van der Waals surface area contributed by atoms with E-state index in [0.29, 0.717) is 16.8 Å². The molecule has 3 N–H and O–H groups in total. The van der Waals surface area contributed by atoms with Crippen LogP contribution in [0.25, 0.3) is 0 Å². The lowest BCUT2D eigenvalue weighted by molar-refractivity contribution is -0.540. The van der Waals surface area contributed by atoms with Gasteiger partial charge in [-0.1, -0.05) is 19.9 Å². The van der Waals surface area contributed by atoms with Gasteiger partial charge in [-0.05, 0) is 23.8 Å². The second-order valence-corrected chi connectivity index (χ2v) is 6.50. The zero-order chi connectivity index (χ0) is 21.2. The monoisotopic (exact) mass is 397 g/mol. The van der Waals surface area contributed by atoms with Crippen LogP contribution in [0, 0.1) is 11.3 Å². The van der Waals surface area contributed by atoms with Gasteiger partial charge in [0.05, 0.1) is 37.6 Å². The molecule has 0 saturated carbocycles. The molecule has 1 aliphatic heterocycles. The molecule has 154 valence electrons. The SMILES string of the molecule is CC.C[NH2+]c1ccc(C#N)cc1C(C(=O)O)c1ccc(CN2CCOCC2)cn1. The summed E-state index contributed by atoms with van der Waals surface area (Å²) >= 11 is 0. The molecule has 1 aromatic carbocycles. The molecule has 2 aromatic rings. The predicted octanol–water partition coefficient (Wildman–Crippen LogP) is 1.85. The van der Waals surface area contributed by atoms with Crippen molar-refractivity contribution in [2.45, 2.75) is 26.3 Å². The number of nitriles is 1. The fraction of sp³-hybridized carbons (Fsp3) is 0.409. The minimum Gasteiger partial charge on any atom is -0.480 e. The lowest BCUT2D eigenvalue weighted by atomic mass is 9.92. The van der Waals surface area contributed by atoms with Crippen LogP contribution in [0.4, 0.5) is 5.69 Å². The van der Waals surface area contributed by atoms with E-state index in [1.165, 1.54) is 0 Å². The molecule has 0 bridgehead atoms. The summed E-state index contributed by atoms with van der Waals surface area (Å²) < 4.78 is 5.36. The van der Waals surface area contributed by atoms with E-state index in [1.807, 2.05) is 32.3 Å². The fourth-order valence-corrected chi connectivity index (χ4v) is 3.29. The molecule has 2 heterocycles. The highest BCUT2D eigenvalue weighted by Gasteiger charge is 2.28. The molecule has 7 heteroatoms. The van der Waals surface area contributed by atoms with Crippen molar-refractivity contribution in [3.8, 4) is 6.07 Å². The number of rotatable bonds is 6. The van der Waals surface area contributed by atoms with E-state index in [2.05, 4.69) is 16.0 Å². The Labute approximate surface area is 171 Å². The van der Waals surface area contributed by atoms with Crippen molar-refractivity contribution in [1.82, 2.24) is 9.88 Å². The number of morpholine rings is 1. The lowest BCUT2D eigenvalue weighted by Crippen LogP contribution is -2.73. The van der Waals surface area contributed by atoms with Gasteiger partial charge >= 0.3 is 5.97 Å². The molecule has 1 atom stereocenters. The van der Waals surface area contributed by atoms with Gasteiger partial charge in [-0.3, -0.25) is 14.7 Å². The molecule has 1 saturated heterocycles. The molecular weight excluding hydrogens is 368 g/mol. The minimum absolute atomic E-state index is 0.436. The van der Waals surface area contributed by atoms with Gasteiger partial charge < -0.3 is 15.2 Å². The number of aliphatic carboxylic acids is 1. The van der Waals surface area contributed by atoms with Gasteiger partial charge in [-0.25, -0.2) is 0 Å². The molecule has 7 nitrogen and oxygen atoms in total. The van der Waals surface area contributed by atoms with E-state index < -0.39 is 11.9 Å². The first-order valence-corrected chi connectivity index (χ1v) is 9.93. The van der Waals surface area contributed by atoms with Crippen molar-refractivity contribution in [2.24, 2.45) is 0 Å². The average Bonchev–Trinajstić information content (AvgIpc) is 2.77. The lowest BCUT2D eigenvalue weighted by Gasteiger charge is -2.26. The molecule has 0 radical (unpaired) electrons. The summed E-state index contributed by atoms with van der Waals surface area (Å²) in [5.74, 6) is -1.90. The molecule has 1 fully saturated rings. The third-order valence-corrected chi connectivity index (χ3v) is 4.74. The Morgan fingerprint density at radius 3 is 2.59 bits per heavy atom. The third kappa shape index (κ3) is 5.84. The first-order valence-electron chi connectivity index (χ1n) is 9.93. The van der Waals surface area contributed by atoms with Gasteiger partial charge in [-0.15, -0.1) is 0 Å². The summed E-state index contributed by atoms with van der Waals surface area (Å²) in [6.45, 7) is 8.01. The van der Waals surface area contributed by atoms with E-state index in [4.69, 9.17) is 4.74 Å². The fourth-order valence-electron chi connectivity index (χ4n) is 3.29. The second-order valence-electron chi connectivity index (χ2n) is 6.50. The summed E-state index contributed by atoms with van der Waals surface area (Å²) in [5.41, 5.74) is 3.31. The van der Waals surface area contributed by atoms with Crippen LogP contribution < -0.4 is 5.32 Å². The van der Waals surface area contributed by atoms with Crippen LogP contribution in [0.3, 0.4) is 0 Å². The van der Waals surface area contributed by atoms with Crippen molar-refractivity contribution in [3.05, 3.63) is 58.9 Å². The zero-order valence-electron chi connectivity index (χ0n) is 17.3. The van der Waals surface area contributed by atoms with Gasteiger partial charge in [-0.2, -0.15) is 5.26 Å². The number of nitrogens with two attached hydrogens (primary N) is 1. The molecule has 29 heavy (non-hydrogen) atoms. The van der Waals surface area contributed by atoms with Crippen LogP contribution in [0.1, 0.15) is 42.1 Å². The minimum atomic E-state index is -0.985. The standard InChI is InChI=1S/C20H22N4O3.C2H6/c1-22-17-4-2-14(11-21)10-16(17)19(20(25)26)18-5-3-15(12-23-18)13-24-6-8-27-9-7-24;1-2/h2-5,10,12,19,22H,6-9,13H2,1H3,(H,25,26);1-2H3/p+1. The largest absolute Gasteiger partial charge is 0.480 e. The molecule has 3 rings (SSSR count). The zero-order valence-corrected chi connectivity index (χ0v) is 17.3. The second kappa shape index (κ2) is 11.3. The Hall–Kier alpha value is -2.79. The number of carbonyl (C=O) groups is 1. The van der Waals surface area contributed by atoms with Crippen LogP contribution in [0.2, 0.25) is 0 Å². The van der Waals surface area contributed by atoms with Gasteiger partial charge in [0, 0.05) is 37.5 Å². The molecule has 0 amide bonds. The summed E-state index contributed by atoms with van der Waals surface area (Å²) in [5, 5.41) is 20.9. The first-order chi connectivity index (χ1) is 14.1. The number of quaternary nitrogens is 1. The predicted molar refractivity (Wildman–Crippen MR) is 110 cm³/mol. The number of aromatic nitrogens is 1. The topological polar surface area (TPSA) is 103 Å². The number of ether oxygens (including phenoxy) is 1. The molecule has 1 unspecified atom stereocenters. The summed E-state index contributed by atoms with van der Waals surface area (Å²) in [4.78, 5) is 18.7. The number of hydrogen-bond donors (Lipinski definition) is 2. The Kier molecular flexibility index (Phi) is 8.74. The molecule has 1 aromatic heterocycles. The van der Waals surface area contributed by atoms with E-state index in [-0.39, 0.29) is 0 Å². The number of hydrogen-bond acceptors (Lipinski definition) is 5. The Morgan fingerprint density at radius 1 is 1.31 bits per heavy atom. The summed E-state index contributed by atoms with van der Waals surface area (Å²) in [7, 11) is 1.85. The normalized spacial score (nSPS) is 15.0. The average molecular weight is 397 g/mol. The number of benzene rings is 1. The Morgan fingerprint density at radius 2 is 2.03 bits per heavy atom. The van der Waals surface area contributed by atoms with Crippen LogP contribution in [0.15, 0.2) is 36.5 Å². The van der Waals surface area contributed by atoms with Crippen molar-refractivity contribution in [3.63, 3.8) is 0 Å². The molecular formula is C22H29N4O3+. The van der Waals surface area contributed by atoms with E-state index in [0.717, 1.165) is 44.1 Å². The number of carboxylic acid groups (broad SMARTS) is 1. The first kappa shape index (κ1) is 22.5. The van der Waals surface area contributed by atoms with Crippen molar-refractivity contribution < 1.29 is 20.0 Å². The van der Waals surface area contributed by atoms with Crippen molar-refractivity contribution in [2.75, 3.05) is 33.4 Å². The highest BCUT2D eigenvalue weighted by atomic mass is 16.5. The Bertz CT molecular complexity index is 840. The maximum absolute atomic E-state index is 12.0. The van der Waals surface area contributed by atoms with Crippen molar-refractivity contribution >= 4 is 11.7 Å². The van der Waals surface area contributed by atoms with Crippen LogP contribution >= 0.6 is 0 Å². The number of carboxylic acids is 1. The molecule has 1 aliphatic rings. The molecule has 0 aliphatic carbocycles.